The van der Waals surface area contributed by atoms with Gasteiger partial charge in [0.15, 0.2) is 17.7 Å². The Labute approximate surface area is 162 Å². The molecule has 2 rings (SSSR count). The lowest BCUT2D eigenvalue weighted by Gasteiger charge is -2.24. The Bertz CT molecular complexity index is 711. The third-order valence-electron chi connectivity index (χ3n) is 4.73. The summed E-state index contributed by atoms with van der Waals surface area (Å²) in [4.78, 5) is 32.4. The molecule has 0 aromatic carbocycles. The number of aromatic nitrogens is 2. The Morgan fingerprint density at radius 3 is 2.75 bits per heavy atom. The number of unbranched alkanes of at least 4 members (excludes halogenated alkanes) is 4. The maximum absolute atomic E-state index is 14.8. The number of anilines is 1. The quantitative estimate of drug-likeness (QED) is 0.398. The Morgan fingerprint density at radius 2 is 2.14 bits per heavy atom. The molecule has 0 bridgehead atoms. The van der Waals surface area contributed by atoms with Gasteiger partial charge in [-0.05, 0) is 13.3 Å². The van der Waals surface area contributed by atoms with Gasteiger partial charge in [-0.15, -0.1) is 0 Å². The topological polar surface area (TPSA) is 123 Å². The van der Waals surface area contributed by atoms with Crippen molar-refractivity contribution in [2.24, 2.45) is 0 Å². The Hall–Kier alpha value is -2.04. The van der Waals surface area contributed by atoms with Crippen molar-refractivity contribution in [1.82, 2.24) is 9.55 Å². The summed E-state index contributed by atoms with van der Waals surface area (Å²) >= 11 is 0. The molecule has 28 heavy (non-hydrogen) atoms. The Kier molecular flexibility index (Phi) is 7.90. The zero-order chi connectivity index (χ0) is 20.7. The normalized spacial score (nSPS) is 27.0. The van der Waals surface area contributed by atoms with Crippen molar-refractivity contribution in [3.63, 3.8) is 0 Å². The predicted molar refractivity (Wildman–Crippen MR) is 98.1 cm³/mol. The minimum absolute atomic E-state index is 0.0154. The second kappa shape index (κ2) is 9.94. The smallest absolute Gasteiger partial charge is 0.351 e. The van der Waals surface area contributed by atoms with Crippen LogP contribution >= 0.6 is 0 Å². The molecule has 0 saturated carbocycles. The lowest BCUT2D eigenvalue weighted by Crippen LogP contribution is -2.42. The van der Waals surface area contributed by atoms with Gasteiger partial charge in [0.25, 0.3) is 0 Å². The van der Waals surface area contributed by atoms with E-state index in [0.717, 1.165) is 43.6 Å². The van der Waals surface area contributed by atoms with Gasteiger partial charge in [0.2, 0.25) is 0 Å². The first-order chi connectivity index (χ1) is 13.3. The zero-order valence-corrected chi connectivity index (χ0v) is 16.1. The lowest BCUT2D eigenvalue weighted by molar-refractivity contribution is -0.140. The van der Waals surface area contributed by atoms with Crippen LogP contribution in [-0.4, -0.2) is 50.2 Å². The number of nitrogens with one attached hydrogen (secondary N) is 1. The summed E-state index contributed by atoms with van der Waals surface area (Å²) in [6.07, 6.45) is 2.27. The summed E-state index contributed by atoms with van der Waals surface area (Å²) in [5.74, 6) is -0.481. The van der Waals surface area contributed by atoms with Gasteiger partial charge in [0.1, 0.15) is 12.2 Å². The first kappa shape index (κ1) is 22.3. The van der Waals surface area contributed by atoms with Crippen LogP contribution in [0.4, 0.5) is 10.2 Å². The van der Waals surface area contributed by atoms with Crippen molar-refractivity contribution in [2.75, 3.05) is 12.1 Å². The first-order valence-corrected chi connectivity index (χ1v) is 9.49. The third-order valence-corrected chi connectivity index (χ3v) is 4.73. The van der Waals surface area contributed by atoms with Crippen LogP contribution in [0.2, 0.25) is 0 Å². The molecule has 1 aromatic rings. The van der Waals surface area contributed by atoms with Gasteiger partial charge in [0, 0.05) is 18.7 Å². The number of carbonyl (C=O) groups excluding carboxylic acids is 1. The number of carbonyl (C=O) groups is 1. The van der Waals surface area contributed by atoms with Crippen LogP contribution in [0.25, 0.3) is 0 Å². The number of hydrogen-bond donors (Lipinski definition) is 3. The molecule has 0 amide bonds. The molecule has 1 aliphatic rings. The fourth-order valence-electron chi connectivity index (χ4n) is 3.04. The SMILES string of the molecule is CCCCCCCC(=O)ONc1ccn([C@@H]2O[C@H](CO)[C@@H](O)[C@@]2(C)F)c(=O)n1. The standard InChI is InChI=1S/C18H28FN3O6/c1-3-4-5-6-7-8-14(24)28-21-13-9-10-22(17(26)20-13)16-18(2,19)15(25)12(11-23)27-16/h9-10,12,15-16,23,25H,3-8,11H2,1-2H3,(H,20,21,26)/t12-,15-,16-,18-/m1/s1. The molecule has 2 heterocycles. The van der Waals surface area contributed by atoms with Gasteiger partial charge in [0.05, 0.1) is 6.61 Å². The van der Waals surface area contributed by atoms with E-state index in [9.17, 15) is 19.1 Å². The molecule has 3 N–H and O–H groups in total. The van der Waals surface area contributed by atoms with Gasteiger partial charge in [-0.25, -0.2) is 19.5 Å². The van der Waals surface area contributed by atoms with Crippen LogP contribution in [0, 0.1) is 0 Å². The summed E-state index contributed by atoms with van der Waals surface area (Å²) in [5, 5.41) is 19.1. The summed E-state index contributed by atoms with van der Waals surface area (Å²) in [6, 6.07) is 1.31. The number of alkyl halides is 1. The number of hydrogen-bond acceptors (Lipinski definition) is 8. The highest BCUT2D eigenvalue weighted by molar-refractivity contribution is 5.70. The molecule has 10 heteroatoms. The molecule has 1 aromatic heterocycles. The average Bonchev–Trinajstić information content (AvgIpc) is 2.89. The maximum atomic E-state index is 14.8. The number of nitrogens with zero attached hydrogens (tertiary/aromatic N) is 2. The van der Waals surface area contributed by atoms with Crippen molar-refractivity contribution < 1.29 is 29.0 Å². The van der Waals surface area contributed by atoms with Crippen LogP contribution < -0.4 is 11.2 Å². The number of aliphatic hydroxyl groups excluding tert-OH is 2. The van der Waals surface area contributed by atoms with Crippen molar-refractivity contribution in [1.29, 1.82) is 0 Å². The fourth-order valence-corrected chi connectivity index (χ4v) is 3.04. The van der Waals surface area contributed by atoms with Gasteiger partial charge in [-0.2, -0.15) is 4.98 Å². The van der Waals surface area contributed by atoms with E-state index in [2.05, 4.69) is 17.4 Å². The van der Waals surface area contributed by atoms with Crippen LogP contribution in [0.15, 0.2) is 17.1 Å². The summed E-state index contributed by atoms with van der Waals surface area (Å²) in [5.41, 5.74) is -0.848. The highest BCUT2D eigenvalue weighted by atomic mass is 19.1. The second-order valence-corrected chi connectivity index (χ2v) is 7.05. The van der Waals surface area contributed by atoms with E-state index in [1.54, 1.807) is 0 Å². The van der Waals surface area contributed by atoms with Crippen LogP contribution in [0.3, 0.4) is 0 Å². The fraction of sp³-hybridized carbons (Fsp3) is 0.722. The molecular weight excluding hydrogens is 373 g/mol. The first-order valence-electron chi connectivity index (χ1n) is 9.49. The largest absolute Gasteiger partial charge is 0.394 e. The van der Waals surface area contributed by atoms with Crippen LogP contribution in [0.1, 0.15) is 58.6 Å². The summed E-state index contributed by atoms with van der Waals surface area (Å²) in [7, 11) is 0. The minimum atomic E-state index is -2.29. The van der Waals surface area contributed by atoms with E-state index < -0.39 is 42.4 Å². The molecule has 9 nitrogen and oxygen atoms in total. The number of aliphatic hydroxyl groups is 2. The van der Waals surface area contributed by atoms with E-state index in [1.807, 2.05) is 0 Å². The van der Waals surface area contributed by atoms with Crippen molar-refractivity contribution in [2.45, 2.75) is 76.5 Å². The average molecular weight is 401 g/mol. The summed E-state index contributed by atoms with van der Waals surface area (Å²) < 4.78 is 20.9. The molecule has 0 spiro atoms. The summed E-state index contributed by atoms with van der Waals surface area (Å²) in [6.45, 7) is 2.60. The molecule has 1 aliphatic heterocycles. The highest BCUT2D eigenvalue weighted by Gasteiger charge is 2.55. The number of rotatable bonds is 10. The van der Waals surface area contributed by atoms with Crippen molar-refractivity contribution in [3.8, 4) is 0 Å². The molecular formula is C18H28FN3O6. The van der Waals surface area contributed by atoms with Crippen LogP contribution in [-0.2, 0) is 14.4 Å². The van der Waals surface area contributed by atoms with Crippen molar-refractivity contribution in [3.05, 3.63) is 22.7 Å². The van der Waals surface area contributed by atoms with Crippen LogP contribution in [0.5, 0.6) is 0 Å². The number of ether oxygens (including phenoxy) is 1. The Balaban J connectivity index is 1.92. The second-order valence-electron chi connectivity index (χ2n) is 7.05. The van der Waals surface area contributed by atoms with E-state index in [-0.39, 0.29) is 12.2 Å². The lowest BCUT2D eigenvalue weighted by atomic mass is 9.98. The predicted octanol–water partition coefficient (Wildman–Crippen LogP) is 1.45. The zero-order valence-electron chi connectivity index (χ0n) is 16.1. The molecule has 0 radical (unpaired) electrons. The number of halogens is 1. The molecule has 0 aliphatic carbocycles. The minimum Gasteiger partial charge on any atom is -0.394 e. The van der Waals surface area contributed by atoms with Gasteiger partial charge >= 0.3 is 11.7 Å². The van der Waals surface area contributed by atoms with Gasteiger partial charge in [-0.3, -0.25) is 4.57 Å². The van der Waals surface area contributed by atoms with Crippen molar-refractivity contribution >= 4 is 11.8 Å². The van der Waals surface area contributed by atoms with E-state index in [1.165, 1.54) is 12.3 Å². The molecule has 0 unspecified atom stereocenters. The Morgan fingerprint density at radius 1 is 1.43 bits per heavy atom. The van der Waals surface area contributed by atoms with Gasteiger partial charge < -0.3 is 19.8 Å². The van der Waals surface area contributed by atoms with E-state index in [4.69, 9.17) is 14.7 Å². The monoisotopic (exact) mass is 401 g/mol. The van der Waals surface area contributed by atoms with E-state index >= 15 is 0 Å². The third kappa shape index (κ3) is 5.27. The molecule has 158 valence electrons. The highest BCUT2D eigenvalue weighted by Crippen LogP contribution is 2.40. The van der Waals surface area contributed by atoms with E-state index in [0.29, 0.717) is 0 Å². The molecule has 1 saturated heterocycles. The van der Waals surface area contributed by atoms with Gasteiger partial charge in [-0.1, -0.05) is 32.6 Å². The maximum Gasteiger partial charge on any atom is 0.351 e. The molecule has 4 atom stereocenters. The molecule has 1 fully saturated rings.